The Morgan fingerprint density at radius 2 is 1.57 bits per heavy atom. The molecular weight excluding hydrogens is 292 g/mol. The quantitative estimate of drug-likeness (QED) is 0.424. The van der Waals surface area contributed by atoms with Crippen molar-refractivity contribution in [3.8, 4) is 5.75 Å². The van der Waals surface area contributed by atoms with E-state index in [0.717, 1.165) is 5.75 Å². The summed E-state index contributed by atoms with van der Waals surface area (Å²) in [6.07, 6.45) is -0.0147. The van der Waals surface area contributed by atoms with Crippen LogP contribution in [0.25, 0.3) is 0 Å². The van der Waals surface area contributed by atoms with Gasteiger partial charge in [0.2, 0.25) is 5.78 Å². The molecular formula is C19H20O4. The maximum Gasteiger partial charge on any atom is 0.306 e. The van der Waals surface area contributed by atoms with Crippen LogP contribution >= 0.6 is 0 Å². The van der Waals surface area contributed by atoms with Gasteiger partial charge in [-0.1, -0.05) is 48.5 Å². The first-order valence-electron chi connectivity index (χ1n) is 7.63. The molecule has 0 spiro atoms. The van der Waals surface area contributed by atoms with Crippen molar-refractivity contribution in [1.82, 2.24) is 0 Å². The van der Waals surface area contributed by atoms with E-state index < -0.39 is 12.1 Å². The van der Waals surface area contributed by atoms with E-state index in [1.807, 2.05) is 36.4 Å². The van der Waals surface area contributed by atoms with Crippen LogP contribution in [0.3, 0.4) is 0 Å². The van der Waals surface area contributed by atoms with Gasteiger partial charge >= 0.3 is 5.97 Å². The number of hydrogen-bond acceptors (Lipinski definition) is 4. The van der Waals surface area contributed by atoms with E-state index in [1.165, 1.54) is 0 Å². The van der Waals surface area contributed by atoms with E-state index in [1.54, 1.807) is 31.2 Å². The fourth-order valence-electron chi connectivity index (χ4n) is 2.07. The molecule has 4 heteroatoms. The Bertz CT molecular complexity index is 622. The van der Waals surface area contributed by atoms with Crippen molar-refractivity contribution >= 4 is 11.8 Å². The van der Waals surface area contributed by atoms with E-state index in [-0.39, 0.29) is 12.2 Å². The van der Waals surface area contributed by atoms with Crippen LogP contribution in [0.5, 0.6) is 5.75 Å². The summed E-state index contributed by atoms with van der Waals surface area (Å²) in [6.45, 7) is 2.02. The summed E-state index contributed by atoms with van der Waals surface area (Å²) in [7, 11) is 0. The number of ketones is 1. The van der Waals surface area contributed by atoms with Crippen LogP contribution in [-0.4, -0.2) is 24.5 Å². The molecule has 0 aliphatic carbocycles. The van der Waals surface area contributed by atoms with E-state index in [4.69, 9.17) is 9.47 Å². The van der Waals surface area contributed by atoms with Crippen LogP contribution in [0.4, 0.5) is 0 Å². The molecule has 1 atom stereocenters. The highest BCUT2D eigenvalue weighted by atomic mass is 16.5. The van der Waals surface area contributed by atoms with Gasteiger partial charge in [-0.15, -0.1) is 0 Å². The lowest BCUT2D eigenvalue weighted by molar-refractivity contribution is -0.146. The lowest BCUT2D eigenvalue weighted by Crippen LogP contribution is -2.24. The Balaban J connectivity index is 1.69. The molecule has 0 saturated carbocycles. The number of benzene rings is 2. The third kappa shape index (κ3) is 5.58. The number of carbonyl (C=O) groups excluding carboxylic acids is 2. The van der Waals surface area contributed by atoms with E-state index in [0.29, 0.717) is 18.6 Å². The van der Waals surface area contributed by atoms with Crippen LogP contribution in [0.2, 0.25) is 0 Å². The summed E-state index contributed by atoms with van der Waals surface area (Å²) in [4.78, 5) is 23.9. The van der Waals surface area contributed by atoms with Crippen molar-refractivity contribution in [3.63, 3.8) is 0 Å². The molecule has 0 unspecified atom stereocenters. The van der Waals surface area contributed by atoms with Crippen molar-refractivity contribution in [2.45, 2.75) is 25.9 Å². The Morgan fingerprint density at radius 1 is 0.957 bits per heavy atom. The Morgan fingerprint density at radius 3 is 2.22 bits per heavy atom. The molecule has 120 valence electrons. The Kier molecular flexibility index (Phi) is 6.36. The van der Waals surface area contributed by atoms with Gasteiger partial charge in [0.15, 0.2) is 6.10 Å². The third-order valence-electron chi connectivity index (χ3n) is 3.27. The highest BCUT2D eigenvalue weighted by Gasteiger charge is 2.18. The maximum atomic E-state index is 12.1. The number of esters is 1. The fourth-order valence-corrected chi connectivity index (χ4v) is 2.07. The van der Waals surface area contributed by atoms with Crippen molar-refractivity contribution in [1.29, 1.82) is 0 Å². The predicted octanol–water partition coefficient (Wildman–Crippen LogP) is 3.66. The number of hydrogen-bond donors (Lipinski definition) is 0. The summed E-state index contributed by atoms with van der Waals surface area (Å²) < 4.78 is 10.7. The zero-order chi connectivity index (χ0) is 16.5. The summed E-state index contributed by atoms with van der Waals surface area (Å²) in [5.41, 5.74) is 0.542. The standard InChI is InChI=1S/C19H20O4/c1-15(19(21)16-9-4-2-5-10-16)23-18(20)13-8-14-22-17-11-6-3-7-12-17/h2-7,9-12,15H,8,13-14H2,1H3/t15-/m0/s1. The van der Waals surface area contributed by atoms with Gasteiger partial charge in [0.05, 0.1) is 6.61 Å². The second-order valence-corrected chi connectivity index (χ2v) is 5.13. The summed E-state index contributed by atoms with van der Waals surface area (Å²) >= 11 is 0. The van der Waals surface area contributed by atoms with Gasteiger partial charge in [0, 0.05) is 12.0 Å². The van der Waals surface area contributed by atoms with Crippen LogP contribution in [0.1, 0.15) is 30.1 Å². The number of ether oxygens (including phenoxy) is 2. The molecule has 0 radical (unpaired) electrons. The predicted molar refractivity (Wildman–Crippen MR) is 87.5 cm³/mol. The largest absolute Gasteiger partial charge is 0.494 e. The van der Waals surface area contributed by atoms with Gasteiger partial charge in [-0.2, -0.15) is 0 Å². The number of carbonyl (C=O) groups is 2. The van der Waals surface area contributed by atoms with Crippen LogP contribution in [-0.2, 0) is 9.53 Å². The molecule has 0 heterocycles. The molecule has 23 heavy (non-hydrogen) atoms. The molecule has 0 amide bonds. The van der Waals surface area contributed by atoms with Crippen LogP contribution < -0.4 is 4.74 Å². The average Bonchev–Trinajstić information content (AvgIpc) is 2.59. The number of Topliss-reactive ketones (excluding diaryl/α,β-unsaturated/α-hetero) is 1. The maximum absolute atomic E-state index is 12.1. The molecule has 0 saturated heterocycles. The van der Waals surface area contributed by atoms with Gasteiger partial charge in [-0.25, -0.2) is 0 Å². The lowest BCUT2D eigenvalue weighted by Gasteiger charge is -2.12. The molecule has 0 aliphatic heterocycles. The normalized spacial score (nSPS) is 11.5. The minimum absolute atomic E-state index is 0.195. The van der Waals surface area contributed by atoms with E-state index >= 15 is 0 Å². The van der Waals surface area contributed by atoms with Gasteiger partial charge in [-0.05, 0) is 25.5 Å². The molecule has 2 aromatic rings. The van der Waals surface area contributed by atoms with Crippen molar-refractivity contribution in [2.75, 3.05) is 6.61 Å². The highest BCUT2D eigenvalue weighted by molar-refractivity contribution is 6.00. The van der Waals surface area contributed by atoms with E-state index in [2.05, 4.69) is 0 Å². The first kappa shape index (κ1) is 16.7. The minimum atomic E-state index is -0.778. The summed E-state index contributed by atoms with van der Waals surface area (Å²) in [5.74, 6) is 0.186. The van der Waals surface area contributed by atoms with Crippen molar-refractivity contribution in [3.05, 3.63) is 66.2 Å². The Labute approximate surface area is 136 Å². The topological polar surface area (TPSA) is 52.6 Å². The number of rotatable bonds is 8. The molecule has 0 N–H and O–H groups in total. The fraction of sp³-hybridized carbons (Fsp3) is 0.263. The smallest absolute Gasteiger partial charge is 0.306 e. The molecule has 0 fully saturated rings. The monoisotopic (exact) mass is 312 g/mol. The van der Waals surface area contributed by atoms with Gasteiger partial charge in [-0.3, -0.25) is 9.59 Å². The van der Waals surface area contributed by atoms with Gasteiger partial charge < -0.3 is 9.47 Å². The summed E-state index contributed by atoms with van der Waals surface area (Å²) in [6, 6.07) is 18.2. The first-order chi connectivity index (χ1) is 11.2. The summed E-state index contributed by atoms with van der Waals surface area (Å²) in [5, 5.41) is 0. The second kappa shape index (κ2) is 8.73. The average molecular weight is 312 g/mol. The van der Waals surface area contributed by atoms with Crippen LogP contribution in [0.15, 0.2) is 60.7 Å². The minimum Gasteiger partial charge on any atom is -0.494 e. The number of para-hydroxylation sites is 1. The van der Waals surface area contributed by atoms with Crippen LogP contribution in [0, 0.1) is 0 Å². The highest BCUT2D eigenvalue weighted by Crippen LogP contribution is 2.10. The zero-order valence-corrected chi connectivity index (χ0v) is 13.1. The van der Waals surface area contributed by atoms with Gasteiger partial charge in [0.1, 0.15) is 5.75 Å². The molecule has 4 nitrogen and oxygen atoms in total. The zero-order valence-electron chi connectivity index (χ0n) is 13.1. The molecule has 2 aromatic carbocycles. The molecule has 0 aromatic heterocycles. The third-order valence-corrected chi connectivity index (χ3v) is 3.27. The van der Waals surface area contributed by atoms with Crippen molar-refractivity contribution < 1.29 is 19.1 Å². The van der Waals surface area contributed by atoms with Gasteiger partial charge in [0.25, 0.3) is 0 Å². The molecule has 2 rings (SSSR count). The first-order valence-corrected chi connectivity index (χ1v) is 7.63. The second-order valence-electron chi connectivity index (χ2n) is 5.13. The molecule has 0 aliphatic rings. The SMILES string of the molecule is C[C@H](OC(=O)CCCOc1ccccc1)C(=O)c1ccccc1. The van der Waals surface area contributed by atoms with Crippen molar-refractivity contribution in [2.24, 2.45) is 0 Å². The van der Waals surface area contributed by atoms with E-state index in [9.17, 15) is 9.59 Å². The molecule has 0 bridgehead atoms. The Hall–Kier alpha value is -2.62. The lowest BCUT2D eigenvalue weighted by atomic mass is 10.1.